The molecule has 2 aliphatic rings. The minimum Gasteiger partial charge on any atom is -0.465 e. The number of hydrogen-bond acceptors (Lipinski definition) is 6. The number of piperidine rings is 1. The van der Waals surface area contributed by atoms with Gasteiger partial charge in [0.15, 0.2) is 0 Å². The molecule has 6 nitrogen and oxygen atoms in total. The highest BCUT2D eigenvalue weighted by Gasteiger charge is 2.32. The van der Waals surface area contributed by atoms with Crippen molar-refractivity contribution >= 4 is 41.1 Å². The van der Waals surface area contributed by atoms with Crippen molar-refractivity contribution in [1.82, 2.24) is 10.1 Å². The third kappa shape index (κ3) is 4.70. The second-order valence-electron chi connectivity index (χ2n) is 8.76. The van der Waals surface area contributed by atoms with Gasteiger partial charge in [-0.05, 0) is 55.9 Å². The molecule has 2 aromatic heterocycles. The number of esters is 1. The number of carbonyl (C=O) groups excluding carboxylic acids is 1. The summed E-state index contributed by atoms with van der Waals surface area (Å²) in [6.07, 6.45) is 10.2. The predicted molar refractivity (Wildman–Crippen MR) is 133 cm³/mol. The molecule has 1 saturated carbocycles. The highest BCUT2D eigenvalue weighted by molar-refractivity contribution is 6.39. The molecule has 0 radical (unpaired) electrons. The second-order valence-corrected chi connectivity index (χ2v) is 9.57. The van der Waals surface area contributed by atoms with Crippen LogP contribution in [0.2, 0.25) is 10.0 Å². The van der Waals surface area contributed by atoms with E-state index in [9.17, 15) is 4.79 Å². The molecule has 0 bridgehead atoms. The molecule has 8 heteroatoms. The Bertz CT molecular complexity index is 1190. The zero-order chi connectivity index (χ0) is 23.7. The molecular weight excluding hydrogens is 473 g/mol. The van der Waals surface area contributed by atoms with Crippen LogP contribution in [0.25, 0.3) is 17.3 Å². The number of anilines is 1. The Morgan fingerprint density at radius 3 is 2.47 bits per heavy atom. The molecule has 0 N–H and O–H groups in total. The van der Waals surface area contributed by atoms with Crippen molar-refractivity contribution < 1.29 is 14.1 Å². The van der Waals surface area contributed by atoms with E-state index in [-0.39, 0.29) is 5.97 Å². The van der Waals surface area contributed by atoms with E-state index in [1.807, 2.05) is 24.3 Å². The van der Waals surface area contributed by atoms with E-state index in [1.54, 1.807) is 12.3 Å². The Balaban J connectivity index is 1.30. The lowest BCUT2D eigenvalue weighted by Gasteiger charge is -2.31. The van der Waals surface area contributed by atoms with Crippen molar-refractivity contribution in [3.05, 3.63) is 69.5 Å². The van der Waals surface area contributed by atoms with Gasteiger partial charge < -0.3 is 14.2 Å². The van der Waals surface area contributed by atoms with Crippen molar-refractivity contribution in [3.63, 3.8) is 0 Å². The number of carbonyl (C=O) groups is 1. The van der Waals surface area contributed by atoms with E-state index in [4.69, 9.17) is 32.5 Å². The number of halogens is 2. The largest absolute Gasteiger partial charge is 0.465 e. The van der Waals surface area contributed by atoms with E-state index in [0.29, 0.717) is 33.1 Å². The Morgan fingerprint density at radius 1 is 1.12 bits per heavy atom. The van der Waals surface area contributed by atoms with Gasteiger partial charge in [0.2, 0.25) is 0 Å². The molecule has 0 atom stereocenters. The molecule has 3 aromatic rings. The Hall–Kier alpha value is -2.83. The fourth-order valence-electron chi connectivity index (χ4n) is 4.38. The Kier molecular flexibility index (Phi) is 6.61. The van der Waals surface area contributed by atoms with Gasteiger partial charge in [0, 0.05) is 36.3 Å². The molecule has 2 fully saturated rings. The molecule has 1 aromatic carbocycles. The summed E-state index contributed by atoms with van der Waals surface area (Å²) in [7, 11) is 1.37. The van der Waals surface area contributed by atoms with Gasteiger partial charge in [-0.25, -0.2) is 9.78 Å². The fraction of sp³-hybridized carbons (Fsp3) is 0.346. The van der Waals surface area contributed by atoms with E-state index in [0.717, 1.165) is 61.5 Å². The number of nitrogens with zero attached hydrogens (tertiary/aromatic N) is 3. The summed E-state index contributed by atoms with van der Waals surface area (Å²) < 4.78 is 10.5. The van der Waals surface area contributed by atoms with Gasteiger partial charge in [0.05, 0.1) is 22.7 Å². The highest BCUT2D eigenvalue weighted by Crippen LogP contribution is 2.46. The molecule has 176 valence electrons. The second kappa shape index (κ2) is 9.80. The average molecular weight is 498 g/mol. The van der Waals surface area contributed by atoms with Crippen LogP contribution >= 0.6 is 23.2 Å². The summed E-state index contributed by atoms with van der Waals surface area (Å²) in [6.45, 7) is 1.78. The van der Waals surface area contributed by atoms with Gasteiger partial charge in [-0.2, -0.15) is 0 Å². The van der Waals surface area contributed by atoms with Crippen LogP contribution in [0.15, 0.2) is 47.1 Å². The Morgan fingerprint density at radius 2 is 1.85 bits per heavy atom. The van der Waals surface area contributed by atoms with Crippen LogP contribution in [0.1, 0.15) is 53.3 Å². The van der Waals surface area contributed by atoms with Crippen LogP contribution < -0.4 is 4.90 Å². The van der Waals surface area contributed by atoms with E-state index < -0.39 is 0 Å². The highest BCUT2D eigenvalue weighted by atomic mass is 35.5. The molecular formula is C26H25Cl2N3O3. The number of benzene rings is 1. The van der Waals surface area contributed by atoms with Gasteiger partial charge in [0.25, 0.3) is 0 Å². The number of pyridine rings is 1. The lowest BCUT2D eigenvalue weighted by atomic mass is 9.94. The summed E-state index contributed by atoms with van der Waals surface area (Å²) >= 11 is 12.9. The van der Waals surface area contributed by atoms with Crippen molar-refractivity contribution in [3.8, 4) is 11.3 Å². The zero-order valence-electron chi connectivity index (χ0n) is 18.8. The number of aromatic nitrogens is 2. The molecule has 0 amide bonds. The lowest BCUT2D eigenvalue weighted by molar-refractivity contribution is 0.0600. The number of methoxy groups -OCH3 is 1. The lowest BCUT2D eigenvalue weighted by Crippen LogP contribution is -2.33. The normalized spacial score (nSPS) is 16.9. The first-order valence-corrected chi connectivity index (χ1v) is 12.2. The first-order chi connectivity index (χ1) is 16.5. The van der Waals surface area contributed by atoms with Crippen molar-refractivity contribution in [2.75, 3.05) is 25.1 Å². The third-order valence-corrected chi connectivity index (χ3v) is 7.10. The average Bonchev–Trinajstić information content (AvgIpc) is 3.63. The number of allylic oxidation sites excluding steroid dienone is 1. The molecule has 0 spiro atoms. The minimum atomic E-state index is -0.375. The predicted octanol–water partition coefficient (Wildman–Crippen LogP) is 6.64. The van der Waals surface area contributed by atoms with Crippen LogP contribution in [0.4, 0.5) is 5.82 Å². The van der Waals surface area contributed by atoms with E-state index in [2.05, 4.69) is 27.2 Å². The van der Waals surface area contributed by atoms with E-state index in [1.165, 1.54) is 7.11 Å². The van der Waals surface area contributed by atoms with Crippen LogP contribution in [0.3, 0.4) is 0 Å². The summed E-state index contributed by atoms with van der Waals surface area (Å²) in [6, 6.07) is 9.11. The minimum absolute atomic E-state index is 0.375. The molecule has 34 heavy (non-hydrogen) atoms. The monoisotopic (exact) mass is 497 g/mol. The van der Waals surface area contributed by atoms with Crippen molar-refractivity contribution in [2.45, 2.75) is 31.6 Å². The summed E-state index contributed by atoms with van der Waals surface area (Å²) in [5.74, 6) is 2.28. The van der Waals surface area contributed by atoms with Crippen molar-refractivity contribution in [1.29, 1.82) is 0 Å². The quantitative estimate of drug-likeness (QED) is 0.355. The van der Waals surface area contributed by atoms with Crippen LogP contribution in [-0.4, -0.2) is 36.3 Å². The van der Waals surface area contributed by atoms with Gasteiger partial charge in [0.1, 0.15) is 17.3 Å². The van der Waals surface area contributed by atoms with Crippen LogP contribution in [-0.2, 0) is 4.74 Å². The van der Waals surface area contributed by atoms with Crippen LogP contribution in [0.5, 0.6) is 0 Å². The Labute approximate surface area is 208 Å². The fourth-order valence-corrected chi connectivity index (χ4v) is 4.96. The SMILES string of the molecule is COC(=O)c1ccc(N2CCC(C=Cc3c(-c4c(Cl)cccc4Cl)noc3C3CC3)CC2)nc1. The molecule has 1 aliphatic carbocycles. The van der Waals surface area contributed by atoms with Gasteiger partial charge in [-0.15, -0.1) is 0 Å². The van der Waals surface area contributed by atoms with Gasteiger partial charge in [-0.3, -0.25) is 0 Å². The zero-order valence-corrected chi connectivity index (χ0v) is 20.4. The topological polar surface area (TPSA) is 68.5 Å². The molecule has 0 unspecified atom stereocenters. The number of rotatable bonds is 6. The van der Waals surface area contributed by atoms with Crippen molar-refractivity contribution in [2.24, 2.45) is 5.92 Å². The maximum atomic E-state index is 11.6. The molecule has 1 aliphatic heterocycles. The standard InChI is InChI=1S/C26H25Cl2N3O3/c1-33-26(32)18-8-10-22(29-15-18)31-13-11-16(12-14-31)5-9-19-24(30-34-25(19)17-6-7-17)23-20(27)3-2-4-21(23)28/h2-5,8-10,15-17H,6-7,11-14H2,1H3. The van der Waals surface area contributed by atoms with Gasteiger partial charge in [-0.1, -0.05) is 46.6 Å². The molecule has 1 saturated heterocycles. The first kappa shape index (κ1) is 22.9. The number of ether oxygens (including phenoxy) is 1. The smallest absolute Gasteiger partial charge is 0.339 e. The number of hydrogen-bond donors (Lipinski definition) is 0. The first-order valence-electron chi connectivity index (χ1n) is 11.5. The summed E-state index contributed by atoms with van der Waals surface area (Å²) in [5.41, 5.74) is 2.87. The maximum Gasteiger partial charge on any atom is 0.339 e. The van der Waals surface area contributed by atoms with Crippen LogP contribution in [0, 0.1) is 5.92 Å². The van der Waals surface area contributed by atoms with E-state index >= 15 is 0 Å². The maximum absolute atomic E-state index is 11.6. The molecule has 3 heterocycles. The molecule has 5 rings (SSSR count). The van der Waals surface area contributed by atoms with Gasteiger partial charge >= 0.3 is 5.97 Å². The summed E-state index contributed by atoms with van der Waals surface area (Å²) in [4.78, 5) is 18.3. The third-order valence-electron chi connectivity index (χ3n) is 6.47. The summed E-state index contributed by atoms with van der Waals surface area (Å²) in [5, 5.41) is 5.50.